The summed E-state index contributed by atoms with van der Waals surface area (Å²) in [6, 6.07) is 14.9. The Hall–Kier alpha value is -3.98. The van der Waals surface area contributed by atoms with Crippen LogP contribution in [0.5, 0.6) is 0 Å². The fourth-order valence-corrected chi connectivity index (χ4v) is 4.87. The van der Waals surface area contributed by atoms with Crippen LogP contribution in [0.1, 0.15) is 40.9 Å². The molecule has 2 aromatic carbocycles. The lowest BCUT2D eigenvalue weighted by Gasteiger charge is -2.28. The van der Waals surface area contributed by atoms with Crippen LogP contribution in [0.25, 0.3) is 10.9 Å². The van der Waals surface area contributed by atoms with Crippen LogP contribution >= 0.6 is 0 Å². The monoisotopic (exact) mass is 459 g/mol. The molecule has 1 aliphatic carbocycles. The number of aliphatic carboxylic acids is 1. The molecule has 9 heteroatoms. The van der Waals surface area contributed by atoms with Crippen molar-refractivity contribution < 1.29 is 19.1 Å². The van der Waals surface area contributed by atoms with Crippen molar-refractivity contribution in [2.45, 2.75) is 38.3 Å². The van der Waals surface area contributed by atoms with E-state index in [1.165, 1.54) is 0 Å². The third-order valence-electron chi connectivity index (χ3n) is 6.51. The topological polar surface area (TPSA) is 147 Å². The molecular formula is C25H25N5O4. The highest BCUT2D eigenvalue weighted by Gasteiger charge is 2.46. The van der Waals surface area contributed by atoms with E-state index in [4.69, 9.17) is 10.2 Å². The van der Waals surface area contributed by atoms with Crippen molar-refractivity contribution in [1.29, 1.82) is 0 Å². The van der Waals surface area contributed by atoms with Gasteiger partial charge in [-0.3, -0.25) is 9.59 Å². The van der Waals surface area contributed by atoms with Crippen molar-refractivity contribution in [1.82, 2.24) is 20.5 Å². The molecule has 174 valence electrons. The van der Waals surface area contributed by atoms with Crippen molar-refractivity contribution in [3.05, 3.63) is 83.2 Å². The van der Waals surface area contributed by atoms with Crippen molar-refractivity contribution in [2.24, 2.45) is 11.1 Å². The van der Waals surface area contributed by atoms with Gasteiger partial charge < -0.3 is 25.6 Å². The van der Waals surface area contributed by atoms with Gasteiger partial charge in [-0.25, -0.2) is 0 Å². The van der Waals surface area contributed by atoms with Gasteiger partial charge in [0.05, 0.1) is 18.4 Å². The van der Waals surface area contributed by atoms with Gasteiger partial charge >= 0.3 is 5.97 Å². The fourth-order valence-electron chi connectivity index (χ4n) is 4.87. The molecule has 0 radical (unpaired) electrons. The molecule has 5 rings (SSSR count). The summed E-state index contributed by atoms with van der Waals surface area (Å²) >= 11 is 0. The third kappa shape index (κ3) is 4.06. The maximum Gasteiger partial charge on any atom is 0.304 e. The molecule has 4 aromatic rings. The quantitative estimate of drug-likeness (QED) is 0.317. The number of hydrogen-bond acceptors (Lipinski definition) is 6. The normalized spacial score (nSPS) is 15.2. The number of fused-ring (bicyclic) bond motifs is 2. The maximum atomic E-state index is 13.7. The molecule has 1 aliphatic rings. The molecule has 5 N–H and O–H groups in total. The number of nitrogens with one attached hydrogen (secondary N) is 2. The molecule has 0 bridgehead atoms. The zero-order chi connectivity index (χ0) is 23.7. The largest absolute Gasteiger partial charge is 0.481 e. The summed E-state index contributed by atoms with van der Waals surface area (Å²) in [7, 11) is 0. The van der Waals surface area contributed by atoms with E-state index in [0.29, 0.717) is 19.3 Å². The van der Waals surface area contributed by atoms with Gasteiger partial charge in [-0.05, 0) is 35.6 Å². The highest BCUT2D eigenvalue weighted by Crippen LogP contribution is 2.41. The number of carboxylic acids is 1. The van der Waals surface area contributed by atoms with Crippen LogP contribution in [0, 0.1) is 5.41 Å². The first-order valence-corrected chi connectivity index (χ1v) is 11.1. The SMILES string of the molecule is NCc1nnc(C(Cc2c[nH]c3ccccc23)NC(=O)C2(CC(=O)O)Cc3ccccc3C2)o1. The van der Waals surface area contributed by atoms with E-state index < -0.39 is 17.4 Å². The first kappa shape index (κ1) is 21.8. The molecule has 0 saturated heterocycles. The van der Waals surface area contributed by atoms with E-state index in [-0.39, 0.29) is 30.7 Å². The molecule has 2 heterocycles. The molecule has 9 nitrogen and oxygen atoms in total. The van der Waals surface area contributed by atoms with E-state index in [2.05, 4.69) is 20.5 Å². The summed E-state index contributed by atoms with van der Waals surface area (Å²) in [6.07, 6.45) is 2.73. The number of para-hydroxylation sites is 1. The van der Waals surface area contributed by atoms with Gasteiger partial charge in [0.2, 0.25) is 17.7 Å². The van der Waals surface area contributed by atoms with Crippen molar-refractivity contribution in [2.75, 3.05) is 0 Å². The van der Waals surface area contributed by atoms with E-state index >= 15 is 0 Å². The van der Waals surface area contributed by atoms with Gasteiger partial charge in [-0.1, -0.05) is 42.5 Å². The van der Waals surface area contributed by atoms with Crippen LogP contribution < -0.4 is 11.1 Å². The predicted molar refractivity (Wildman–Crippen MR) is 124 cm³/mol. The van der Waals surface area contributed by atoms with Gasteiger partial charge in [-0.15, -0.1) is 10.2 Å². The highest BCUT2D eigenvalue weighted by atomic mass is 16.4. The van der Waals surface area contributed by atoms with Crippen LogP contribution in [0.2, 0.25) is 0 Å². The van der Waals surface area contributed by atoms with E-state index in [1.807, 2.05) is 54.7 Å². The van der Waals surface area contributed by atoms with Crippen LogP contribution in [0.15, 0.2) is 59.1 Å². The first-order valence-electron chi connectivity index (χ1n) is 11.1. The number of H-pyrrole nitrogens is 1. The summed E-state index contributed by atoms with van der Waals surface area (Å²) in [6.45, 7) is 0.0824. The smallest absolute Gasteiger partial charge is 0.304 e. The zero-order valence-corrected chi connectivity index (χ0v) is 18.5. The lowest BCUT2D eigenvalue weighted by molar-refractivity contribution is -0.145. The van der Waals surface area contributed by atoms with Crippen LogP contribution in [-0.4, -0.2) is 32.2 Å². The van der Waals surface area contributed by atoms with Crippen molar-refractivity contribution in [3.63, 3.8) is 0 Å². The lowest BCUT2D eigenvalue weighted by Crippen LogP contribution is -2.45. The van der Waals surface area contributed by atoms with Crippen LogP contribution in [0.3, 0.4) is 0 Å². The average Bonchev–Trinajstić information content (AvgIpc) is 3.55. The van der Waals surface area contributed by atoms with Gasteiger partial charge in [-0.2, -0.15) is 0 Å². The van der Waals surface area contributed by atoms with Gasteiger partial charge in [0.25, 0.3) is 0 Å². The number of amides is 1. The van der Waals surface area contributed by atoms with E-state index in [1.54, 1.807) is 0 Å². The van der Waals surface area contributed by atoms with Gasteiger partial charge in [0, 0.05) is 23.5 Å². The van der Waals surface area contributed by atoms with Crippen molar-refractivity contribution >= 4 is 22.8 Å². The molecule has 0 saturated carbocycles. The minimum atomic E-state index is -1.09. The molecule has 0 spiro atoms. The van der Waals surface area contributed by atoms with Gasteiger partial charge in [0.1, 0.15) is 6.04 Å². The van der Waals surface area contributed by atoms with Crippen LogP contribution in [-0.2, 0) is 35.4 Å². The molecule has 0 aliphatic heterocycles. The number of nitrogens with zero attached hydrogens (tertiary/aromatic N) is 2. The molecule has 1 unspecified atom stereocenters. The predicted octanol–water partition coefficient (Wildman–Crippen LogP) is 2.67. The minimum absolute atomic E-state index is 0.0824. The summed E-state index contributed by atoms with van der Waals surface area (Å²) in [4.78, 5) is 28.7. The summed E-state index contributed by atoms with van der Waals surface area (Å²) in [5.74, 6) is -0.857. The third-order valence-corrected chi connectivity index (χ3v) is 6.51. The summed E-state index contributed by atoms with van der Waals surface area (Å²) in [5, 5.41) is 21.8. The Morgan fingerprint density at radius 3 is 2.50 bits per heavy atom. The lowest BCUT2D eigenvalue weighted by atomic mass is 9.80. The first-order chi connectivity index (χ1) is 16.5. The Bertz CT molecular complexity index is 1330. The Kier molecular flexibility index (Phi) is 5.62. The zero-order valence-electron chi connectivity index (χ0n) is 18.5. The number of aromatic nitrogens is 3. The van der Waals surface area contributed by atoms with E-state index in [0.717, 1.165) is 27.6 Å². The summed E-state index contributed by atoms with van der Waals surface area (Å²) in [5.41, 5.74) is 8.49. The Morgan fingerprint density at radius 2 is 1.82 bits per heavy atom. The average molecular weight is 460 g/mol. The highest BCUT2D eigenvalue weighted by molar-refractivity contribution is 5.89. The molecule has 1 atom stereocenters. The van der Waals surface area contributed by atoms with Crippen LogP contribution in [0.4, 0.5) is 0 Å². The maximum absolute atomic E-state index is 13.7. The molecule has 34 heavy (non-hydrogen) atoms. The number of carboxylic acid groups (broad SMARTS) is 1. The number of carbonyl (C=O) groups excluding carboxylic acids is 1. The minimum Gasteiger partial charge on any atom is -0.481 e. The Morgan fingerprint density at radius 1 is 1.12 bits per heavy atom. The molecule has 0 fully saturated rings. The molecular weight excluding hydrogens is 434 g/mol. The molecule has 1 amide bonds. The summed E-state index contributed by atoms with van der Waals surface area (Å²) < 4.78 is 5.71. The number of rotatable bonds is 8. The number of carbonyl (C=O) groups is 2. The Balaban J connectivity index is 1.47. The second kappa shape index (κ2) is 8.75. The number of benzene rings is 2. The number of nitrogens with two attached hydrogens (primary N) is 1. The van der Waals surface area contributed by atoms with Crippen molar-refractivity contribution in [3.8, 4) is 0 Å². The Labute approximate surface area is 195 Å². The molecule has 2 aromatic heterocycles. The number of aromatic amines is 1. The fraction of sp³-hybridized carbons (Fsp3) is 0.280. The number of hydrogen-bond donors (Lipinski definition) is 4. The van der Waals surface area contributed by atoms with E-state index in [9.17, 15) is 14.7 Å². The second-order valence-electron chi connectivity index (χ2n) is 8.80. The second-order valence-corrected chi connectivity index (χ2v) is 8.80. The standard InChI is InChI=1S/C25H25N5O4/c26-13-21-29-30-23(34-21)20(9-17-14-27-19-8-4-3-7-18(17)19)28-24(33)25(12-22(31)32)10-15-5-1-2-6-16(15)11-25/h1-8,14,20,27H,9-13,26H2,(H,28,33)(H,31,32). The van der Waals surface area contributed by atoms with Gasteiger partial charge in [0.15, 0.2) is 0 Å².